The highest BCUT2D eigenvalue weighted by Crippen LogP contribution is 2.19. The molecule has 6 nitrogen and oxygen atoms in total. The van der Waals surface area contributed by atoms with E-state index in [0.29, 0.717) is 24.7 Å². The van der Waals surface area contributed by atoms with Crippen molar-refractivity contribution in [2.75, 3.05) is 24.3 Å². The number of carbonyl (C=O) groups is 1. The SMILES string of the molecule is Nc1cnc(NC2CCOCC2)c(C(=O)O)c1. The van der Waals surface area contributed by atoms with Crippen LogP contribution in [-0.4, -0.2) is 35.3 Å². The van der Waals surface area contributed by atoms with Crippen molar-refractivity contribution >= 4 is 17.5 Å². The number of hydrogen-bond donors (Lipinski definition) is 3. The third kappa shape index (κ3) is 2.85. The Labute approximate surface area is 98.8 Å². The van der Waals surface area contributed by atoms with Gasteiger partial charge in [-0.1, -0.05) is 0 Å². The molecular weight excluding hydrogens is 222 g/mol. The van der Waals surface area contributed by atoms with Gasteiger partial charge in [0.25, 0.3) is 0 Å². The molecule has 1 aromatic rings. The molecule has 0 saturated carbocycles. The highest BCUT2D eigenvalue weighted by molar-refractivity contribution is 5.94. The molecule has 1 fully saturated rings. The molecular formula is C11H15N3O3. The van der Waals surface area contributed by atoms with E-state index >= 15 is 0 Å². The summed E-state index contributed by atoms with van der Waals surface area (Å²) >= 11 is 0. The molecule has 0 aromatic carbocycles. The molecule has 1 aliphatic rings. The van der Waals surface area contributed by atoms with E-state index in [-0.39, 0.29) is 11.6 Å². The van der Waals surface area contributed by atoms with Crippen molar-refractivity contribution in [1.29, 1.82) is 0 Å². The fraction of sp³-hybridized carbons (Fsp3) is 0.455. The summed E-state index contributed by atoms with van der Waals surface area (Å²) in [6, 6.07) is 1.62. The van der Waals surface area contributed by atoms with Crippen LogP contribution in [-0.2, 0) is 4.74 Å². The van der Waals surface area contributed by atoms with Gasteiger partial charge < -0.3 is 20.9 Å². The van der Waals surface area contributed by atoms with Gasteiger partial charge in [-0.3, -0.25) is 0 Å². The molecule has 1 saturated heterocycles. The zero-order valence-electron chi connectivity index (χ0n) is 9.35. The predicted molar refractivity (Wildman–Crippen MR) is 63.1 cm³/mol. The number of carboxylic acid groups (broad SMARTS) is 1. The summed E-state index contributed by atoms with van der Waals surface area (Å²) in [5.74, 6) is -0.655. The summed E-state index contributed by atoms with van der Waals surface area (Å²) in [6.45, 7) is 1.38. The minimum atomic E-state index is -1.03. The quantitative estimate of drug-likeness (QED) is 0.724. The van der Waals surface area contributed by atoms with E-state index in [9.17, 15) is 4.79 Å². The molecule has 4 N–H and O–H groups in total. The van der Waals surface area contributed by atoms with Crippen LogP contribution < -0.4 is 11.1 Å². The van der Waals surface area contributed by atoms with E-state index < -0.39 is 5.97 Å². The monoisotopic (exact) mass is 237 g/mol. The van der Waals surface area contributed by atoms with Crippen LogP contribution in [0.5, 0.6) is 0 Å². The van der Waals surface area contributed by atoms with Gasteiger partial charge in [0.15, 0.2) is 0 Å². The first-order valence-electron chi connectivity index (χ1n) is 5.50. The zero-order chi connectivity index (χ0) is 12.3. The third-order valence-electron chi connectivity index (χ3n) is 2.70. The maximum absolute atomic E-state index is 11.1. The first-order chi connectivity index (χ1) is 8.16. The molecule has 0 aliphatic carbocycles. The van der Waals surface area contributed by atoms with Gasteiger partial charge in [-0.2, -0.15) is 0 Å². The summed E-state index contributed by atoms with van der Waals surface area (Å²) < 4.78 is 5.24. The lowest BCUT2D eigenvalue weighted by Gasteiger charge is -2.24. The van der Waals surface area contributed by atoms with Crippen molar-refractivity contribution in [2.24, 2.45) is 0 Å². The van der Waals surface area contributed by atoms with E-state index in [4.69, 9.17) is 15.6 Å². The van der Waals surface area contributed by atoms with Gasteiger partial charge in [0.05, 0.1) is 11.9 Å². The Balaban J connectivity index is 2.16. The number of aromatic carboxylic acids is 1. The average Bonchev–Trinajstić information content (AvgIpc) is 2.32. The number of nitrogens with zero attached hydrogens (tertiary/aromatic N) is 1. The fourth-order valence-corrected chi connectivity index (χ4v) is 1.79. The van der Waals surface area contributed by atoms with Crippen molar-refractivity contribution in [3.63, 3.8) is 0 Å². The Kier molecular flexibility index (Phi) is 3.43. The smallest absolute Gasteiger partial charge is 0.339 e. The number of hydrogen-bond acceptors (Lipinski definition) is 5. The second-order valence-electron chi connectivity index (χ2n) is 4.00. The van der Waals surface area contributed by atoms with Crippen LogP contribution in [0.4, 0.5) is 11.5 Å². The number of aromatic nitrogens is 1. The van der Waals surface area contributed by atoms with Gasteiger partial charge in [0.2, 0.25) is 0 Å². The van der Waals surface area contributed by atoms with Gasteiger partial charge in [-0.15, -0.1) is 0 Å². The van der Waals surface area contributed by atoms with E-state index in [1.165, 1.54) is 12.3 Å². The number of carboxylic acids is 1. The molecule has 1 aromatic heterocycles. The first kappa shape index (κ1) is 11.7. The number of nitrogens with one attached hydrogen (secondary N) is 1. The van der Waals surface area contributed by atoms with Gasteiger partial charge in [0, 0.05) is 19.3 Å². The third-order valence-corrected chi connectivity index (χ3v) is 2.70. The highest BCUT2D eigenvalue weighted by Gasteiger charge is 2.18. The Morgan fingerprint density at radius 2 is 2.24 bits per heavy atom. The molecule has 0 amide bonds. The second-order valence-corrected chi connectivity index (χ2v) is 4.00. The van der Waals surface area contributed by atoms with Crippen LogP contribution in [0, 0.1) is 0 Å². The Morgan fingerprint density at radius 3 is 2.88 bits per heavy atom. The number of nitrogens with two attached hydrogens (primary N) is 1. The molecule has 92 valence electrons. The van der Waals surface area contributed by atoms with Crippen LogP contribution in [0.3, 0.4) is 0 Å². The summed E-state index contributed by atoms with van der Waals surface area (Å²) in [6.07, 6.45) is 3.16. The van der Waals surface area contributed by atoms with E-state index in [1.54, 1.807) is 0 Å². The van der Waals surface area contributed by atoms with Gasteiger partial charge in [0.1, 0.15) is 11.4 Å². The molecule has 17 heavy (non-hydrogen) atoms. The van der Waals surface area contributed by atoms with Crippen LogP contribution in [0.2, 0.25) is 0 Å². The lowest BCUT2D eigenvalue weighted by atomic mass is 10.1. The number of pyridine rings is 1. The first-order valence-corrected chi connectivity index (χ1v) is 5.50. The largest absolute Gasteiger partial charge is 0.478 e. The molecule has 2 rings (SSSR count). The average molecular weight is 237 g/mol. The Bertz CT molecular complexity index is 416. The zero-order valence-corrected chi connectivity index (χ0v) is 9.35. The summed E-state index contributed by atoms with van der Waals surface area (Å²) in [4.78, 5) is 15.1. The lowest BCUT2D eigenvalue weighted by molar-refractivity contribution is 0.0697. The van der Waals surface area contributed by atoms with Crippen molar-refractivity contribution in [2.45, 2.75) is 18.9 Å². The molecule has 0 unspecified atom stereocenters. The standard InChI is InChI=1S/C11H15N3O3/c12-7-5-9(11(15)16)10(13-6-7)14-8-1-3-17-4-2-8/h5-6,8H,1-4,12H2,(H,13,14)(H,15,16). The topological polar surface area (TPSA) is 97.5 Å². The van der Waals surface area contributed by atoms with Crippen molar-refractivity contribution in [3.8, 4) is 0 Å². The number of nitrogen functional groups attached to an aromatic ring is 1. The Morgan fingerprint density at radius 1 is 1.53 bits per heavy atom. The van der Waals surface area contributed by atoms with Crippen molar-refractivity contribution in [1.82, 2.24) is 4.98 Å². The van der Waals surface area contributed by atoms with Gasteiger partial charge in [-0.25, -0.2) is 9.78 Å². The molecule has 6 heteroatoms. The fourth-order valence-electron chi connectivity index (χ4n) is 1.79. The van der Waals surface area contributed by atoms with E-state index in [2.05, 4.69) is 10.3 Å². The minimum Gasteiger partial charge on any atom is -0.478 e. The summed E-state index contributed by atoms with van der Waals surface area (Å²) in [5.41, 5.74) is 5.98. The van der Waals surface area contributed by atoms with Gasteiger partial charge >= 0.3 is 5.97 Å². The van der Waals surface area contributed by atoms with Gasteiger partial charge in [-0.05, 0) is 18.9 Å². The molecule has 1 aliphatic heterocycles. The van der Waals surface area contributed by atoms with Crippen LogP contribution in [0.25, 0.3) is 0 Å². The molecule has 2 heterocycles. The second kappa shape index (κ2) is 5.01. The molecule has 0 atom stereocenters. The summed E-state index contributed by atoms with van der Waals surface area (Å²) in [7, 11) is 0. The van der Waals surface area contributed by atoms with E-state index in [0.717, 1.165) is 12.8 Å². The summed E-state index contributed by atoms with van der Waals surface area (Å²) in [5, 5.41) is 12.2. The number of anilines is 2. The van der Waals surface area contributed by atoms with E-state index in [1.807, 2.05) is 0 Å². The number of ether oxygens (including phenoxy) is 1. The van der Waals surface area contributed by atoms with Crippen LogP contribution in [0.15, 0.2) is 12.3 Å². The van der Waals surface area contributed by atoms with Crippen LogP contribution in [0.1, 0.15) is 23.2 Å². The molecule has 0 bridgehead atoms. The molecule has 0 radical (unpaired) electrons. The van der Waals surface area contributed by atoms with Crippen LogP contribution >= 0.6 is 0 Å². The highest BCUT2D eigenvalue weighted by atomic mass is 16.5. The molecule has 0 spiro atoms. The number of rotatable bonds is 3. The minimum absolute atomic E-state index is 0.108. The predicted octanol–water partition coefficient (Wildman–Crippen LogP) is 0.953. The van der Waals surface area contributed by atoms with Crippen molar-refractivity contribution in [3.05, 3.63) is 17.8 Å². The maximum atomic E-state index is 11.1. The van der Waals surface area contributed by atoms with Crippen molar-refractivity contribution < 1.29 is 14.6 Å². The maximum Gasteiger partial charge on any atom is 0.339 e. The lowest BCUT2D eigenvalue weighted by Crippen LogP contribution is -2.29. The Hall–Kier alpha value is -1.82. The normalized spacial score (nSPS) is 16.7.